The molecule has 102 valence electrons. The Hall–Kier alpha value is -1.56. The van der Waals surface area contributed by atoms with Crippen molar-refractivity contribution in [1.29, 1.82) is 0 Å². The van der Waals surface area contributed by atoms with E-state index in [9.17, 15) is 0 Å². The Morgan fingerprint density at radius 1 is 1.47 bits per heavy atom. The van der Waals surface area contributed by atoms with E-state index in [1.54, 1.807) is 18.0 Å². The normalized spacial score (nSPS) is 12.4. The van der Waals surface area contributed by atoms with E-state index in [2.05, 4.69) is 29.0 Å². The highest BCUT2D eigenvalue weighted by Gasteiger charge is 2.14. The second-order valence-corrected chi connectivity index (χ2v) is 5.64. The van der Waals surface area contributed by atoms with Crippen LogP contribution >= 0.6 is 11.8 Å². The van der Waals surface area contributed by atoms with Crippen molar-refractivity contribution in [2.24, 2.45) is 0 Å². The van der Waals surface area contributed by atoms with Crippen LogP contribution in [0.15, 0.2) is 22.9 Å². The lowest BCUT2D eigenvalue weighted by Crippen LogP contribution is -1.99. The quantitative estimate of drug-likeness (QED) is 0.809. The lowest BCUT2D eigenvalue weighted by molar-refractivity contribution is 0.240. The molecule has 0 radical (unpaired) electrons. The van der Waals surface area contributed by atoms with Crippen LogP contribution in [0.5, 0.6) is 5.75 Å². The van der Waals surface area contributed by atoms with Crippen molar-refractivity contribution in [3.63, 3.8) is 0 Å². The van der Waals surface area contributed by atoms with Crippen LogP contribution in [0.2, 0.25) is 0 Å². The lowest BCUT2D eigenvalue weighted by atomic mass is 10.3. The maximum Gasteiger partial charge on any atom is 0.264 e. The molecular formula is C13H17N3O2S. The summed E-state index contributed by atoms with van der Waals surface area (Å²) in [7, 11) is 0. The van der Waals surface area contributed by atoms with Crippen molar-refractivity contribution in [2.45, 2.75) is 32.6 Å². The standard InChI is InChI=1S/C13H17N3O2S/c1-4-19-10(3)13-15-12(18-16-13)8-17-11-6-5-7-14-9(11)2/h5-7,10H,4,8H2,1-3H3/t10-/m0/s1. The van der Waals surface area contributed by atoms with Gasteiger partial charge in [-0.25, -0.2) is 0 Å². The minimum Gasteiger partial charge on any atom is -0.482 e. The van der Waals surface area contributed by atoms with Crippen molar-refractivity contribution >= 4 is 11.8 Å². The van der Waals surface area contributed by atoms with Gasteiger partial charge in [-0.05, 0) is 31.7 Å². The minimum absolute atomic E-state index is 0.239. The van der Waals surface area contributed by atoms with Gasteiger partial charge in [0.2, 0.25) is 0 Å². The van der Waals surface area contributed by atoms with Crippen LogP contribution in [-0.2, 0) is 6.61 Å². The van der Waals surface area contributed by atoms with Gasteiger partial charge in [-0.1, -0.05) is 12.1 Å². The summed E-state index contributed by atoms with van der Waals surface area (Å²) in [5.41, 5.74) is 0.845. The molecule has 2 heterocycles. The molecule has 0 aromatic carbocycles. The van der Waals surface area contributed by atoms with Crippen molar-refractivity contribution in [3.05, 3.63) is 35.7 Å². The fourth-order valence-corrected chi connectivity index (χ4v) is 2.32. The molecule has 2 aromatic rings. The number of aromatic nitrogens is 3. The lowest BCUT2D eigenvalue weighted by Gasteiger charge is -2.05. The van der Waals surface area contributed by atoms with Crippen molar-refractivity contribution in [3.8, 4) is 5.75 Å². The van der Waals surface area contributed by atoms with E-state index in [0.29, 0.717) is 11.7 Å². The molecule has 0 amide bonds. The van der Waals surface area contributed by atoms with Crippen LogP contribution in [0.25, 0.3) is 0 Å². The maximum absolute atomic E-state index is 5.61. The molecule has 2 rings (SSSR count). The summed E-state index contributed by atoms with van der Waals surface area (Å²) in [6.07, 6.45) is 1.73. The number of hydrogen-bond acceptors (Lipinski definition) is 6. The van der Waals surface area contributed by atoms with Gasteiger partial charge in [0, 0.05) is 6.20 Å². The SMILES string of the molecule is CCS[C@@H](C)c1noc(COc2cccnc2C)n1. The number of thioether (sulfide) groups is 1. The van der Waals surface area contributed by atoms with Gasteiger partial charge in [-0.3, -0.25) is 4.98 Å². The Kier molecular flexibility index (Phi) is 4.79. The zero-order valence-corrected chi connectivity index (χ0v) is 12.1. The molecule has 0 saturated heterocycles. The third-order valence-electron chi connectivity index (χ3n) is 2.57. The largest absolute Gasteiger partial charge is 0.482 e. The molecule has 0 fully saturated rings. The molecule has 2 aromatic heterocycles. The van der Waals surface area contributed by atoms with E-state index in [4.69, 9.17) is 9.26 Å². The van der Waals surface area contributed by atoms with E-state index >= 15 is 0 Å². The zero-order valence-electron chi connectivity index (χ0n) is 11.3. The topological polar surface area (TPSA) is 61.0 Å². The first kappa shape index (κ1) is 13.9. The summed E-state index contributed by atoms with van der Waals surface area (Å²) in [5.74, 6) is 2.96. The predicted octanol–water partition coefficient (Wildman–Crippen LogP) is 3.17. The average molecular weight is 279 g/mol. The first-order valence-corrected chi connectivity index (χ1v) is 7.24. The molecule has 0 N–H and O–H groups in total. The molecule has 0 aliphatic rings. The van der Waals surface area contributed by atoms with Gasteiger partial charge in [-0.15, -0.1) is 0 Å². The molecule has 0 bridgehead atoms. The fourth-order valence-electron chi connectivity index (χ4n) is 1.58. The fraction of sp³-hybridized carbons (Fsp3) is 0.462. The number of aryl methyl sites for hydroxylation is 1. The first-order chi connectivity index (χ1) is 9.20. The Balaban J connectivity index is 1.95. The zero-order chi connectivity index (χ0) is 13.7. The monoisotopic (exact) mass is 279 g/mol. The van der Waals surface area contributed by atoms with Crippen molar-refractivity contribution < 1.29 is 9.26 Å². The van der Waals surface area contributed by atoms with E-state index in [-0.39, 0.29) is 11.9 Å². The van der Waals surface area contributed by atoms with Gasteiger partial charge in [0.05, 0.1) is 10.9 Å². The van der Waals surface area contributed by atoms with Crippen LogP contribution in [0.1, 0.15) is 36.5 Å². The molecular weight excluding hydrogens is 262 g/mol. The molecule has 0 aliphatic carbocycles. The van der Waals surface area contributed by atoms with E-state index in [1.807, 2.05) is 19.1 Å². The van der Waals surface area contributed by atoms with Crippen LogP contribution in [0.4, 0.5) is 0 Å². The highest BCUT2D eigenvalue weighted by molar-refractivity contribution is 7.99. The number of nitrogens with zero attached hydrogens (tertiary/aromatic N) is 3. The second kappa shape index (κ2) is 6.56. The smallest absolute Gasteiger partial charge is 0.264 e. The molecule has 0 unspecified atom stereocenters. The van der Waals surface area contributed by atoms with Crippen LogP contribution < -0.4 is 4.74 Å². The number of ether oxygens (including phenoxy) is 1. The summed E-state index contributed by atoms with van der Waals surface area (Å²) in [6.45, 7) is 6.34. The highest BCUT2D eigenvalue weighted by Crippen LogP contribution is 2.25. The third-order valence-corrected chi connectivity index (χ3v) is 3.62. The van der Waals surface area contributed by atoms with E-state index in [0.717, 1.165) is 17.2 Å². The summed E-state index contributed by atoms with van der Waals surface area (Å²) in [6, 6.07) is 3.71. The van der Waals surface area contributed by atoms with Gasteiger partial charge in [0.1, 0.15) is 5.75 Å². The molecule has 5 nitrogen and oxygen atoms in total. The minimum atomic E-state index is 0.239. The summed E-state index contributed by atoms with van der Waals surface area (Å²) < 4.78 is 10.8. The first-order valence-electron chi connectivity index (χ1n) is 6.19. The summed E-state index contributed by atoms with van der Waals surface area (Å²) in [5, 5.41) is 4.21. The molecule has 0 spiro atoms. The van der Waals surface area contributed by atoms with Gasteiger partial charge < -0.3 is 9.26 Å². The van der Waals surface area contributed by atoms with Crippen LogP contribution in [-0.4, -0.2) is 20.9 Å². The number of hydrogen-bond donors (Lipinski definition) is 0. The molecule has 0 saturated carbocycles. The van der Waals surface area contributed by atoms with Gasteiger partial charge in [-0.2, -0.15) is 16.7 Å². The second-order valence-electron chi connectivity index (χ2n) is 4.02. The third kappa shape index (κ3) is 3.70. The highest BCUT2D eigenvalue weighted by atomic mass is 32.2. The average Bonchev–Trinajstić information content (AvgIpc) is 2.87. The van der Waals surface area contributed by atoms with Crippen molar-refractivity contribution in [1.82, 2.24) is 15.1 Å². The molecule has 1 atom stereocenters. The Morgan fingerprint density at radius 2 is 2.32 bits per heavy atom. The van der Waals surface area contributed by atoms with E-state index in [1.165, 1.54) is 0 Å². The number of pyridine rings is 1. The summed E-state index contributed by atoms with van der Waals surface area (Å²) >= 11 is 1.78. The Bertz CT molecular complexity index is 530. The summed E-state index contributed by atoms with van der Waals surface area (Å²) in [4.78, 5) is 8.48. The Labute approximate surface area is 116 Å². The predicted molar refractivity (Wildman–Crippen MR) is 74.2 cm³/mol. The van der Waals surface area contributed by atoms with Crippen molar-refractivity contribution in [2.75, 3.05) is 5.75 Å². The molecule has 19 heavy (non-hydrogen) atoms. The van der Waals surface area contributed by atoms with Crippen LogP contribution in [0, 0.1) is 6.92 Å². The van der Waals surface area contributed by atoms with E-state index < -0.39 is 0 Å². The van der Waals surface area contributed by atoms with Gasteiger partial charge >= 0.3 is 0 Å². The maximum atomic E-state index is 5.61. The van der Waals surface area contributed by atoms with Crippen LogP contribution in [0.3, 0.4) is 0 Å². The molecule has 0 aliphatic heterocycles. The van der Waals surface area contributed by atoms with Gasteiger partial charge in [0.15, 0.2) is 12.4 Å². The molecule has 6 heteroatoms. The van der Waals surface area contributed by atoms with Gasteiger partial charge in [0.25, 0.3) is 5.89 Å². The number of rotatable bonds is 6. The Morgan fingerprint density at radius 3 is 3.05 bits per heavy atom.